The summed E-state index contributed by atoms with van der Waals surface area (Å²) in [6.45, 7) is 20.4. The second kappa shape index (κ2) is 5.57. The summed E-state index contributed by atoms with van der Waals surface area (Å²) in [6, 6.07) is 0.576. The standard InChI is InChI=1S/C20H35N/c1-14(2)16-10-9-11-17(15(3)4)18(16)21-13-19(5,6)12-20(21,7)8/h9-11,14-16,18H,12-13H2,1-8H3/t16?,18-/m0/s1. The maximum Gasteiger partial charge on any atom is 0.0383 e. The van der Waals surface area contributed by atoms with Gasteiger partial charge in [-0.05, 0) is 49.0 Å². The molecule has 0 N–H and O–H groups in total. The molecule has 0 saturated carbocycles. The second-order valence-corrected chi connectivity index (χ2v) is 9.25. The summed E-state index contributed by atoms with van der Waals surface area (Å²) in [4.78, 5) is 2.81. The Hall–Kier alpha value is -0.560. The predicted molar refractivity (Wildman–Crippen MR) is 93.4 cm³/mol. The topological polar surface area (TPSA) is 3.24 Å². The van der Waals surface area contributed by atoms with Crippen molar-refractivity contribution < 1.29 is 0 Å². The lowest BCUT2D eigenvalue weighted by atomic mass is 9.76. The van der Waals surface area contributed by atoms with Crippen LogP contribution in [0.5, 0.6) is 0 Å². The van der Waals surface area contributed by atoms with Gasteiger partial charge in [-0.1, -0.05) is 59.8 Å². The van der Waals surface area contributed by atoms with E-state index in [2.05, 4.69) is 78.5 Å². The molecule has 0 radical (unpaired) electrons. The van der Waals surface area contributed by atoms with Crippen molar-refractivity contribution in [2.24, 2.45) is 23.2 Å². The van der Waals surface area contributed by atoms with Gasteiger partial charge in [0, 0.05) is 18.1 Å². The Morgan fingerprint density at radius 3 is 2.14 bits per heavy atom. The zero-order valence-corrected chi connectivity index (χ0v) is 15.4. The second-order valence-electron chi connectivity index (χ2n) is 9.25. The van der Waals surface area contributed by atoms with Crippen LogP contribution < -0.4 is 0 Å². The Morgan fingerprint density at radius 2 is 1.71 bits per heavy atom. The highest BCUT2D eigenvalue weighted by Crippen LogP contribution is 2.46. The van der Waals surface area contributed by atoms with Crippen LogP contribution in [-0.2, 0) is 0 Å². The zero-order chi connectivity index (χ0) is 16.0. The fraction of sp³-hybridized carbons (Fsp3) is 0.800. The summed E-state index contributed by atoms with van der Waals surface area (Å²) in [5.41, 5.74) is 2.34. The Balaban J connectivity index is 2.41. The quantitative estimate of drug-likeness (QED) is 0.682. The van der Waals surface area contributed by atoms with Crippen LogP contribution in [-0.4, -0.2) is 23.0 Å². The molecule has 1 aliphatic carbocycles. The summed E-state index contributed by atoms with van der Waals surface area (Å²) < 4.78 is 0. The molecule has 2 rings (SSSR count). The molecule has 1 aliphatic heterocycles. The van der Waals surface area contributed by atoms with E-state index in [9.17, 15) is 0 Å². The highest BCUT2D eigenvalue weighted by atomic mass is 15.3. The molecule has 1 nitrogen and oxygen atoms in total. The largest absolute Gasteiger partial charge is 0.290 e. The van der Waals surface area contributed by atoms with Crippen LogP contribution in [0.3, 0.4) is 0 Å². The van der Waals surface area contributed by atoms with Crippen LogP contribution in [0.25, 0.3) is 0 Å². The fourth-order valence-electron chi connectivity index (χ4n) is 4.71. The number of allylic oxidation sites excluding steroid dienone is 2. The van der Waals surface area contributed by atoms with E-state index >= 15 is 0 Å². The SMILES string of the molecule is CC(C)C1=CC=CC(C(C)C)[C@@H]1N1CC(C)(C)CC1(C)C. The van der Waals surface area contributed by atoms with Gasteiger partial charge in [-0.3, -0.25) is 4.90 Å². The first-order valence-corrected chi connectivity index (χ1v) is 8.70. The van der Waals surface area contributed by atoms with E-state index in [1.54, 1.807) is 5.57 Å². The lowest BCUT2D eigenvalue weighted by Gasteiger charge is -2.46. The highest BCUT2D eigenvalue weighted by molar-refractivity contribution is 5.30. The molecule has 2 aliphatic rings. The highest BCUT2D eigenvalue weighted by Gasteiger charge is 2.48. The molecule has 2 atom stereocenters. The molecule has 1 fully saturated rings. The average Bonchev–Trinajstić information content (AvgIpc) is 2.55. The molecule has 0 aromatic carbocycles. The first-order chi connectivity index (χ1) is 9.55. The van der Waals surface area contributed by atoms with Gasteiger partial charge in [0.25, 0.3) is 0 Å². The Kier molecular flexibility index (Phi) is 4.46. The van der Waals surface area contributed by atoms with E-state index < -0.39 is 0 Å². The smallest absolute Gasteiger partial charge is 0.0383 e. The van der Waals surface area contributed by atoms with Gasteiger partial charge in [0.15, 0.2) is 0 Å². The van der Waals surface area contributed by atoms with Crippen LogP contribution >= 0.6 is 0 Å². The molecular formula is C20H35N. The van der Waals surface area contributed by atoms with E-state index in [0.29, 0.717) is 34.7 Å². The molecule has 0 amide bonds. The van der Waals surface area contributed by atoms with E-state index in [4.69, 9.17) is 0 Å². The summed E-state index contributed by atoms with van der Waals surface area (Å²) in [7, 11) is 0. The normalized spacial score (nSPS) is 32.0. The molecular weight excluding hydrogens is 254 g/mol. The molecule has 1 heteroatoms. The fourth-order valence-corrected chi connectivity index (χ4v) is 4.71. The first-order valence-electron chi connectivity index (χ1n) is 8.70. The molecule has 0 aromatic heterocycles. The third-order valence-corrected chi connectivity index (χ3v) is 5.39. The monoisotopic (exact) mass is 289 g/mol. The number of hydrogen-bond acceptors (Lipinski definition) is 1. The van der Waals surface area contributed by atoms with E-state index in [-0.39, 0.29) is 0 Å². The molecule has 120 valence electrons. The molecule has 1 unspecified atom stereocenters. The van der Waals surface area contributed by atoms with Gasteiger partial charge >= 0.3 is 0 Å². The molecule has 0 aromatic rings. The lowest BCUT2D eigenvalue weighted by Crippen LogP contribution is -2.51. The van der Waals surface area contributed by atoms with Gasteiger partial charge in [-0.15, -0.1) is 0 Å². The van der Waals surface area contributed by atoms with Crippen LogP contribution in [0.15, 0.2) is 23.8 Å². The van der Waals surface area contributed by atoms with Crippen LogP contribution in [0.1, 0.15) is 61.8 Å². The van der Waals surface area contributed by atoms with Gasteiger partial charge in [0.05, 0.1) is 0 Å². The van der Waals surface area contributed by atoms with Crippen LogP contribution in [0.4, 0.5) is 0 Å². The van der Waals surface area contributed by atoms with Gasteiger partial charge in [0.1, 0.15) is 0 Å². The van der Waals surface area contributed by atoms with Crippen molar-refractivity contribution in [2.75, 3.05) is 6.54 Å². The molecule has 1 saturated heterocycles. The van der Waals surface area contributed by atoms with E-state index in [0.717, 1.165) is 0 Å². The maximum atomic E-state index is 2.81. The molecule has 21 heavy (non-hydrogen) atoms. The summed E-state index contributed by atoms with van der Waals surface area (Å²) in [5, 5.41) is 0. The molecule has 0 bridgehead atoms. The number of likely N-dealkylation sites (tertiary alicyclic amines) is 1. The minimum absolute atomic E-state index is 0.292. The minimum atomic E-state index is 0.292. The number of nitrogens with zero attached hydrogens (tertiary/aromatic N) is 1. The van der Waals surface area contributed by atoms with Crippen molar-refractivity contribution in [3.8, 4) is 0 Å². The van der Waals surface area contributed by atoms with Crippen molar-refractivity contribution in [3.05, 3.63) is 23.8 Å². The zero-order valence-electron chi connectivity index (χ0n) is 15.4. The van der Waals surface area contributed by atoms with Gasteiger partial charge in [-0.25, -0.2) is 0 Å². The van der Waals surface area contributed by atoms with Gasteiger partial charge < -0.3 is 0 Å². The van der Waals surface area contributed by atoms with Crippen molar-refractivity contribution in [1.82, 2.24) is 4.90 Å². The molecule has 0 spiro atoms. The van der Waals surface area contributed by atoms with Crippen LogP contribution in [0.2, 0.25) is 0 Å². The van der Waals surface area contributed by atoms with E-state index in [1.807, 2.05) is 0 Å². The summed E-state index contributed by atoms with van der Waals surface area (Å²) >= 11 is 0. The average molecular weight is 290 g/mol. The van der Waals surface area contributed by atoms with Crippen molar-refractivity contribution in [3.63, 3.8) is 0 Å². The predicted octanol–water partition coefficient (Wildman–Crippen LogP) is 5.29. The van der Waals surface area contributed by atoms with Crippen molar-refractivity contribution in [1.29, 1.82) is 0 Å². The first kappa shape index (κ1) is 16.8. The van der Waals surface area contributed by atoms with Crippen molar-refractivity contribution >= 4 is 0 Å². The Labute approximate surface area is 132 Å². The number of hydrogen-bond donors (Lipinski definition) is 0. The molecule has 1 heterocycles. The Morgan fingerprint density at radius 1 is 1.10 bits per heavy atom. The lowest BCUT2D eigenvalue weighted by molar-refractivity contribution is 0.0880. The maximum absolute atomic E-state index is 2.81. The van der Waals surface area contributed by atoms with Crippen molar-refractivity contribution in [2.45, 2.75) is 73.4 Å². The van der Waals surface area contributed by atoms with Gasteiger partial charge in [0.2, 0.25) is 0 Å². The van der Waals surface area contributed by atoms with E-state index in [1.165, 1.54) is 13.0 Å². The number of rotatable bonds is 3. The van der Waals surface area contributed by atoms with Gasteiger partial charge in [-0.2, -0.15) is 0 Å². The Bertz CT molecular complexity index is 437. The minimum Gasteiger partial charge on any atom is -0.290 e. The summed E-state index contributed by atoms with van der Waals surface area (Å²) in [5.74, 6) is 1.95. The third kappa shape index (κ3) is 3.28. The third-order valence-electron chi connectivity index (χ3n) is 5.39. The van der Waals surface area contributed by atoms with Crippen LogP contribution in [0, 0.1) is 23.2 Å². The summed E-state index contributed by atoms with van der Waals surface area (Å²) in [6.07, 6.45) is 8.42.